The maximum atomic E-state index is 13.1. The number of hydrogen-bond donors (Lipinski definition) is 4. The molecule has 0 spiro atoms. The van der Waals surface area contributed by atoms with Crippen LogP contribution < -0.4 is 10.6 Å². The van der Waals surface area contributed by atoms with Crippen LogP contribution >= 0.6 is 0 Å². The average Bonchev–Trinajstić information content (AvgIpc) is 2.88. The van der Waals surface area contributed by atoms with Gasteiger partial charge in [-0.1, -0.05) is 73.7 Å². The number of carbonyl (C=O) groups excluding carboxylic acids is 3. The zero-order chi connectivity index (χ0) is 25.2. The Kier molecular flexibility index (Phi) is 8.78. The summed E-state index contributed by atoms with van der Waals surface area (Å²) in [4.78, 5) is 38.8. The highest BCUT2D eigenvalue weighted by molar-refractivity contribution is 6.38. The van der Waals surface area contributed by atoms with Crippen LogP contribution in [0.5, 0.6) is 11.5 Å². The van der Waals surface area contributed by atoms with Gasteiger partial charge in [-0.05, 0) is 41.3 Å². The molecule has 3 aromatic rings. The van der Waals surface area contributed by atoms with Gasteiger partial charge in [0, 0.05) is 18.5 Å². The molecule has 0 bridgehead atoms. The molecule has 0 heterocycles. The second-order valence-corrected chi connectivity index (χ2v) is 8.02. The van der Waals surface area contributed by atoms with Gasteiger partial charge in [-0.25, -0.2) is 0 Å². The molecule has 0 fully saturated rings. The van der Waals surface area contributed by atoms with Crippen molar-refractivity contribution < 1.29 is 24.6 Å². The van der Waals surface area contributed by atoms with Gasteiger partial charge in [0.25, 0.3) is 5.91 Å². The largest absolute Gasteiger partial charge is 0.504 e. The molecule has 7 heteroatoms. The molecule has 2 amide bonds. The van der Waals surface area contributed by atoms with E-state index in [-0.39, 0.29) is 24.5 Å². The number of carbonyl (C=O) groups is 3. The molecule has 0 aromatic heterocycles. The predicted octanol–water partition coefficient (Wildman–Crippen LogP) is 3.50. The third-order valence-electron chi connectivity index (χ3n) is 5.44. The van der Waals surface area contributed by atoms with Gasteiger partial charge >= 0.3 is 0 Å². The van der Waals surface area contributed by atoms with E-state index in [1.165, 1.54) is 12.1 Å². The fraction of sp³-hybridized carbons (Fsp3) is 0.179. The Bertz CT molecular complexity index is 1210. The number of Topliss-reactive ketones (excluding diaryl/α,β-unsaturated/α-hetero) is 1. The Labute approximate surface area is 204 Å². The molecule has 0 saturated heterocycles. The van der Waals surface area contributed by atoms with E-state index in [4.69, 9.17) is 0 Å². The van der Waals surface area contributed by atoms with Gasteiger partial charge in [0.2, 0.25) is 11.7 Å². The van der Waals surface area contributed by atoms with Crippen molar-refractivity contribution in [2.45, 2.75) is 32.4 Å². The van der Waals surface area contributed by atoms with E-state index in [9.17, 15) is 24.6 Å². The van der Waals surface area contributed by atoms with Crippen LogP contribution in [0.1, 0.15) is 30.0 Å². The van der Waals surface area contributed by atoms with Crippen molar-refractivity contribution in [3.05, 3.63) is 101 Å². The summed E-state index contributed by atoms with van der Waals surface area (Å²) < 4.78 is 0. The maximum absolute atomic E-state index is 13.1. The fourth-order valence-corrected chi connectivity index (χ4v) is 3.49. The van der Waals surface area contributed by atoms with Gasteiger partial charge in [-0.2, -0.15) is 0 Å². The van der Waals surface area contributed by atoms with Crippen LogP contribution in [-0.2, 0) is 27.3 Å². The first-order chi connectivity index (χ1) is 16.9. The molecule has 0 aliphatic heterocycles. The van der Waals surface area contributed by atoms with Gasteiger partial charge < -0.3 is 20.8 Å². The first-order valence-electron chi connectivity index (χ1n) is 11.3. The van der Waals surface area contributed by atoms with Crippen molar-refractivity contribution in [3.8, 4) is 11.5 Å². The first-order valence-corrected chi connectivity index (χ1v) is 11.3. The van der Waals surface area contributed by atoms with Gasteiger partial charge in [-0.3, -0.25) is 14.4 Å². The molecule has 3 aromatic carbocycles. The Balaban J connectivity index is 1.77. The number of nitrogens with one attached hydrogen (secondary N) is 2. The highest BCUT2D eigenvalue weighted by Gasteiger charge is 2.27. The number of ketones is 1. The van der Waals surface area contributed by atoms with Crippen molar-refractivity contribution in [3.63, 3.8) is 0 Å². The van der Waals surface area contributed by atoms with Crippen molar-refractivity contribution in [1.29, 1.82) is 0 Å². The number of benzene rings is 3. The van der Waals surface area contributed by atoms with E-state index >= 15 is 0 Å². The van der Waals surface area contributed by atoms with Gasteiger partial charge in [-0.15, -0.1) is 0 Å². The Morgan fingerprint density at radius 1 is 0.829 bits per heavy atom. The molecule has 4 N–H and O–H groups in total. The molecule has 0 saturated carbocycles. The molecule has 7 nitrogen and oxygen atoms in total. The van der Waals surface area contributed by atoms with Gasteiger partial charge in [0.1, 0.15) is 6.04 Å². The molecule has 180 valence electrons. The second kappa shape index (κ2) is 12.2. The van der Waals surface area contributed by atoms with Crippen LogP contribution in [0.3, 0.4) is 0 Å². The highest BCUT2D eigenvalue weighted by atomic mass is 16.3. The summed E-state index contributed by atoms with van der Waals surface area (Å²) >= 11 is 0. The lowest BCUT2D eigenvalue weighted by molar-refractivity contribution is -0.139. The van der Waals surface area contributed by atoms with Crippen molar-refractivity contribution >= 4 is 23.7 Å². The minimum atomic E-state index is -1.07. The second-order valence-electron chi connectivity index (χ2n) is 8.02. The summed E-state index contributed by atoms with van der Waals surface area (Å²) in [6.45, 7) is 1.98. The smallest absolute Gasteiger partial charge is 0.289 e. The van der Waals surface area contributed by atoms with E-state index in [0.29, 0.717) is 17.6 Å². The average molecular weight is 473 g/mol. The molecule has 0 aliphatic carbocycles. The number of rotatable bonds is 10. The van der Waals surface area contributed by atoms with Gasteiger partial charge in [0.15, 0.2) is 11.5 Å². The van der Waals surface area contributed by atoms with E-state index in [1.807, 2.05) is 60.7 Å². The van der Waals surface area contributed by atoms with Crippen LogP contribution in [-0.4, -0.2) is 33.9 Å². The zero-order valence-electron chi connectivity index (χ0n) is 19.4. The van der Waals surface area contributed by atoms with E-state index in [1.54, 1.807) is 19.1 Å². The normalized spacial score (nSPS) is 12.0. The summed E-state index contributed by atoms with van der Waals surface area (Å²) in [5.74, 6) is -2.58. The molecule has 35 heavy (non-hydrogen) atoms. The monoisotopic (exact) mass is 472 g/mol. The Morgan fingerprint density at radius 3 is 2.06 bits per heavy atom. The van der Waals surface area contributed by atoms with Crippen LogP contribution in [0.15, 0.2) is 84.4 Å². The number of aromatic hydroxyl groups is 2. The minimum Gasteiger partial charge on any atom is -0.504 e. The lowest BCUT2D eigenvalue weighted by Gasteiger charge is -2.18. The fourth-order valence-electron chi connectivity index (χ4n) is 3.49. The van der Waals surface area contributed by atoms with E-state index in [2.05, 4.69) is 10.6 Å². The molecule has 1 unspecified atom stereocenters. The van der Waals surface area contributed by atoms with Crippen LogP contribution in [0.2, 0.25) is 0 Å². The number of phenolic OH excluding ortho intramolecular Hbond substituents is 2. The summed E-state index contributed by atoms with van der Waals surface area (Å²) in [6.07, 6.45) is 2.06. The summed E-state index contributed by atoms with van der Waals surface area (Å²) in [5.41, 5.74) is 2.52. The molecule has 0 aliphatic rings. The molecular weight excluding hydrogens is 444 g/mol. The van der Waals surface area contributed by atoms with Crippen LogP contribution in [0.25, 0.3) is 6.08 Å². The first kappa shape index (κ1) is 25.2. The van der Waals surface area contributed by atoms with Gasteiger partial charge in [0.05, 0.1) is 0 Å². The van der Waals surface area contributed by atoms with Crippen molar-refractivity contribution in [2.75, 3.05) is 0 Å². The highest BCUT2D eigenvalue weighted by Crippen LogP contribution is 2.26. The van der Waals surface area contributed by atoms with Crippen molar-refractivity contribution in [1.82, 2.24) is 10.6 Å². The number of amides is 2. The van der Waals surface area contributed by atoms with E-state index in [0.717, 1.165) is 11.1 Å². The zero-order valence-corrected chi connectivity index (χ0v) is 19.4. The molecule has 3 rings (SSSR count). The topological polar surface area (TPSA) is 116 Å². The predicted molar refractivity (Wildman–Crippen MR) is 133 cm³/mol. The van der Waals surface area contributed by atoms with Crippen LogP contribution in [0.4, 0.5) is 0 Å². The lowest BCUT2D eigenvalue weighted by atomic mass is 10.0. The SMILES string of the molecule is CCC(=Cc1ccc(O)c(O)c1)C(=O)NC(Cc1ccccc1)C(=O)C(=O)NCc1ccccc1. The number of phenols is 2. The standard InChI is InChI=1S/C28H28N2O5/c1-2-22(15-21-13-14-24(31)25(32)17-21)27(34)30-23(16-19-9-5-3-6-10-19)26(33)28(35)29-18-20-11-7-4-8-12-20/h3-15,17,23,31-32H,2,16,18H2,1H3,(H,29,35)(H,30,34). The lowest BCUT2D eigenvalue weighted by Crippen LogP contribution is -2.48. The van der Waals surface area contributed by atoms with Crippen LogP contribution in [0, 0.1) is 0 Å². The summed E-state index contributed by atoms with van der Waals surface area (Å²) in [7, 11) is 0. The van der Waals surface area contributed by atoms with Crippen molar-refractivity contribution in [2.24, 2.45) is 0 Å². The third-order valence-corrected chi connectivity index (χ3v) is 5.44. The molecule has 1 atom stereocenters. The Morgan fingerprint density at radius 2 is 1.46 bits per heavy atom. The summed E-state index contributed by atoms with van der Waals surface area (Å²) in [5, 5.41) is 24.6. The Hall–Kier alpha value is -4.39. The quantitative estimate of drug-likeness (QED) is 0.205. The molecule has 0 radical (unpaired) electrons. The number of hydrogen-bond acceptors (Lipinski definition) is 5. The summed E-state index contributed by atoms with van der Waals surface area (Å²) in [6, 6.07) is 21.5. The third kappa shape index (κ3) is 7.30. The maximum Gasteiger partial charge on any atom is 0.289 e. The minimum absolute atomic E-state index is 0.154. The molecular formula is C28H28N2O5. The van der Waals surface area contributed by atoms with E-state index < -0.39 is 23.6 Å².